The molecule has 4 heteroatoms. The molecule has 0 radical (unpaired) electrons. The van der Waals surface area contributed by atoms with Crippen LogP contribution in [0, 0.1) is 11.3 Å². The van der Waals surface area contributed by atoms with Crippen molar-refractivity contribution in [3.05, 3.63) is 0 Å². The molecule has 2 aliphatic rings. The molecule has 2 fully saturated rings. The molecule has 0 atom stereocenters. The van der Waals surface area contributed by atoms with Crippen LogP contribution in [0.1, 0.15) is 72.6 Å². The lowest BCUT2D eigenvalue weighted by atomic mass is 9.65. The van der Waals surface area contributed by atoms with Crippen LogP contribution in [0.5, 0.6) is 0 Å². The first-order chi connectivity index (χ1) is 9.74. The molecule has 21 heavy (non-hydrogen) atoms. The summed E-state index contributed by atoms with van der Waals surface area (Å²) in [5.74, 6) is -0.326. The number of carboxylic acid groups (broad SMARTS) is 1. The Morgan fingerprint density at radius 2 is 1.71 bits per heavy atom. The van der Waals surface area contributed by atoms with Crippen molar-refractivity contribution >= 4 is 11.9 Å². The van der Waals surface area contributed by atoms with Crippen molar-refractivity contribution < 1.29 is 14.7 Å². The largest absolute Gasteiger partial charge is 0.479 e. The summed E-state index contributed by atoms with van der Waals surface area (Å²) in [6, 6.07) is 0.161. The van der Waals surface area contributed by atoms with E-state index in [9.17, 15) is 14.7 Å². The standard InChI is InChI=1S/C17H29NO3/c1-5-16(3,4)13-8-10-17(11-9-13,15(20)21)18(12(2)19)14-6-7-14/h13-14H,5-11H2,1-4H3,(H,20,21). The van der Waals surface area contributed by atoms with Crippen LogP contribution in [0.4, 0.5) is 0 Å². The highest BCUT2D eigenvalue weighted by Crippen LogP contribution is 2.47. The van der Waals surface area contributed by atoms with E-state index in [1.165, 1.54) is 6.92 Å². The van der Waals surface area contributed by atoms with Gasteiger partial charge in [0.05, 0.1) is 0 Å². The maximum atomic E-state index is 12.0. The first-order valence-corrected chi connectivity index (χ1v) is 8.28. The van der Waals surface area contributed by atoms with Gasteiger partial charge in [-0.2, -0.15) is 0 Å². The molecule has 0 aromatic heterocycles. The number of carboxylic acids is 1. The van der Waals surface area contributed by atoms with Crippen LogP contribution >= 0.6 is 0 Å². The molecule has 120 valence electrons. The smallest absolute Gasteiger partial charge is 0.329 e. The fraction of sp³-hybridized carbons (Fsp3) is 0.882. The number of hydrogen-bond donors (Lipinski definition) is 1. The maximum Gasteiger partial charge on any atom is 0.329 e. The molecular formula is C17H29NO3. The molecule has 0 unspecified atom stereocenters. The van der Waals surface area contributed by atoms with Crippen molar-refractivity contribution in [2.24, 2.45) is 11.3 Å². The summed E-state index contributed by atoms with van der Waals surface area (Å²) >= 11 is 0. The average Bonchev–Trinajstić information content (AvgIpc) is 3.23. The van der Waals surface area contributed by atoms with Crippen LogP contribution in [0.15, 0.2) is 0 Å². The van der Waals surface area contributed by atoms with E-state index in [1.807, 2.05) is 0 Å². The van der Waals surface area contributed by atoms with E-state index in [4.69, 9.17) is 0 Å². The van der Waals surface area contributed by atoms with E-state index in [2.05, 4.69) is 20.8 Å². The molecule has 0 bridgehead atoms. The average molecular weight is 295 g/mol. The van der Waals surface area contributed by atoms with Gasteiger partial charge in [0.25, 0.3) is 0 Å². The van der Waals surface area contributed by atoms with Gasteiger partial charge < -0.3 is 10.0 Å². The fourth-order valence-corrected chi connectivity index (χ4v) is 3.96. The van der Waals surface area contributed by atoms with Crippen molar-refractivity contribution in [1.82, 2.24) is 4.90 Å². The van der Waals surface area contributed by atoms with Gasteiger partial charge in [-0.15, -0.1) is 0 Å². The van der Waals surface area contributed by atoms with Gasteiger partial charge in [-0.3, -0.25) is 4.79 Å². The van der Waals surface area contributed by atoms with Gasteiger partial charge >= 0.3 is 5.97 Å². The van der Waals surface area contributed by atoms with Gasteiger partial charge in [0.1, 0.15) is 5.54 Å². The Balaban J connectivity index is 2.19. The molecule has 0 aromatic rings. The Kier molecular flexibility index (Phi) is 4.36. The van der Waals surface area contributed by atoms with Crippen LogP contribution < -0.4 is 0 Å². The Morgan fingerprint density at radius 1 is 1.19 bits per heavy atom. The van der Waals surface area contributed by atoms with Crippen molar-refractivity contribution in [3.63, 3.8) is 0 Å². The third-order valence-corrected chi connectivity index (χ3v) is 5.94. The first kappa shape index (κ1) is 16.3. The second-order valence-electron chi connectivity index (χ2n) is 7.57. The van der Waals surface area contributed by atoms with Crippen molar-refractivity contribution in [2.75, 3.05) is 0 Å². The SMILES string of the molecule is CCC(C)(C)C1CCC(C(=O)O)(N(C(C)=O)C2CC2)CC1. The first-order valence-electron chi connectivity index (χ1n) is 8.28. The number of nitrogens with zero attached hydrogens (tertiary/aromatic N) is 1. The number of hydrogen-bond acceptors (Lipinski definition) is 2. The third-order valence-electron chi connectivity index (χ3n) is 5.94. The summed E-state index contributed by atoms with van der Waals surface area (Å²) < 4.78 is 0. The molecule has 1 amide bonds. The van der Waals surface area contributed by atoms with Gasteiger partial charge in [0.15, 0.2) is 0 Å². The fourth-order valence-electron chi connectivity index (χ4n) is 3.96. The summed E-state index contributed by atoms with van der Waals surface area (Å²) in [6.07, 6.45) is 6.04. The zero-order chi connectivity index (χ0) is 15.8. The quantitative estimate of drug-likeness (QED) is 0.845. The molecule has 2 saturated carbocycles. The number of aliphatic carboxylic acids is 1. The van der Waals surface area contributed by atoms with E-state index in [0.29, 0.717) is 18.8 Å². The van der Waals surface area contributed by atoms with Gasteiger partial charge in [-0.25, -0.2) is 4.79 Å². The highest BCUT2D eigenvalue weighted by molar-refractivity contribution is 5.86. The highest BCUT2D eigenvalue weighted by atomic mass is 16.4. The number of amides is 1. The van der Waals surface area contributed by atoms with Crippen LogP contribution in [0.3, 0.4) is 0 Å². The second kappa shape index (κ2) is 5.62. The van der Waals surface area contributed by atoms with Gasteiger partial charge in [-0.1, -0.05) is 27.2 Å². The Labute approximate surface area is 127 Å². The van der Waals surface area contributed by atoms with Crippen molar-refractivity contribution in [2.45, 2.75) is 84.2 Å². The maximum absolute atomic E-state index is 12.0. The zero-order valence-corrected chi connectivity index (χ0v) is 13.8. The minimum absolute atomic E-state index is 0.0758. The van der Waals surface area contributed by atoms with Crippen LogP contribution in [-0.2, 0) is 9.59 Å². The molecule has 0 heterocycles. The van der Waals surface area contributed by atoms with Gasteiger partial charge in [-0.05, 0) is 49.9 Å². The number of rotatable bonds is 5. The molecule has 2 aliphatic carbocycles. The summed E-state index contributed by atoms with van der Waals surface area (Å²) in [5, 5.41) is 9.84. The summed E-state index contributed by atoms with van der Waals surface area (Å²) in [4.78, 5) is 25.7. The van der Waals surface area contributed by atoms with E-state index in [-0.39, 0.29) is 17.4 Å². The Hall–Kier alpha value is -1.06. The Morgan fingerprint density at radius 3 is 2.05 bits per heavy atom. The summed E-state index contributed by atoms with van der Waals surface area (Å²) in [6.45, 7) is 8.26. The predicted molar refractivity (Wildman–Crippen MR) is 81.9 cm³/mol. The van der Waals surface area contributed by atoms with Crippen LogP contribution in [0.2, 0.25) is 0 Å². The zero-order valence-electron chi connectivity index (χ0n) is 13.8. The molecule has 4 nitrogen and oxygen atoms in total. The topological polar surface area (TPSA) is 57.6 Å². The van der Waals surface area contributed by atoms with E-state index < -0.39 is 11.5 Å². The molecule has 0 saturated heterocycles. The monoisotopic (exact) mass is 295 g/mol. The molecule has 2 rings (SSSR count). The lowest BCUT2D eigenvalue weighted by Gasteiger charge is -2.47. The van der Waals surface area contributed by atoms with Gasteiger partial charge in [0, 0.05) is 13.0 Å². The van der Waals surface area contributed by atoms with Crippen LogP contribution in [0.25, 0.3) is 0 Å². The summed E-state index contributed by atoms with van der Waals surface area (Å²) in [5.41, 5.74) is -0.696. The molecule has 1 N–H and O–H groups in total. The van der Waals surface area contributed by atoms with E-state index in [0.717, 1.165) is 32.1 Å². The third kappa shape index (κ3) is 2.95. The minimum Gasteiger partial charge on any atom is -0.479 e. The van der Waals surface area contributed by atoms with Crippen LogP contribution in [-0.4, -0.2) is 33.5 Å². The van der Waals surface area contributed by atoms with Gasteiger partial charge in [0.2, 0.25) is 5.91 Å². The highest BCUT2D eigenvalue weighted by Gasteiger charge is 2.53. The number of carbonyl (C=O) groups excluding carboxylic acids is 1. The van der Waals surface area contributed by atoms with Crippen molar-refractivity contribution in [1.29, 1.82) is 0 Å². The lowest BCUT2D eigenvalue weighted by Crippen LogP contribution is -2.59. The summed E-state index contributed by atoms with van der Waals surface area (Å²) in [7, 11) is 0. The van der Waals surface area contributed by atoms with E-state index >= 15 is 0 Å². The number of carbonyl (C=O) groups is 2. The normalized spacial score (nSPS) is 30.0. The molecular weight excluding hydrogens is 266 g/mol. The molecule has 0 spiro atoms. The molecule has 0 aliphatic heterocycles. The molecule has 0 aromatic carbocycles. The van der Waals surface area contributed by atoms with Crippen molar-refractivity contribution in [3.8, 4) is 0 Å². The lowest BCUT2D eigenvalue weighted by molar-refractivity contribution is -0.163. The predicted octanol–water partition coefficient (Wildman–Crippen LogP) is 3.45. The van der Waals surface area contributed by atoms with E-state index in [1.54, 1.807) is 4.90 Å². The minimum atomic E-state index is -0.951. The Bertz CT molecular complexity index is 418. The second-order valence-corrected chi connectivity index (χ2v) is 7.57.